The molecule has 2 atom stereocenters. The van der Waals surface area contributed by atoms with Crippen LogP contribution < -0.4 is 16.4 Å². The number of imidazole rings is 1. The van der Waals surface area contributed by atoms with Crippen molar-refractivity contribution in [2.45, 2.75) is 37.5 Å². The molecule has 1 aromatic heterocycles. The van der Waals surface area contributed by atoms with E-state index in [0.29, 0.717) is 29.2 Å². The van der Waals surface area contributed by atoms with E-state index in [1.807, 2.05) is 0 Å². The highest BCUT2D eigenvalue weighted by atomic mass is 19.4. The molecule has 2 aromatic rings. The highest BCUT2D eigenvalue weighted by molar-refractivity contribution is 5.88. The highest BCUT2D eigenvalue weighted by Gasteiger charge is 2.39. The maximum Gasteiger partial charge on any atom is 0.411 e. The lowest BCUT2D eigenvalue weighted by atomic mass is 10.1. The standard InChI is InChI=1S/C19H22F3N5O2/c1-29-18(28)25-11-7-8-12-14(9-11)26-16(19(20,21)22)6-4-2-3-5-13(23)17-24-10-15(12)27-17/h2-3,7-10,13,16,26H,4-6,23H2,1H3,(H,24,27)(H,25,28)/b3-2-/t13-,16?/m0/s1. The number of carbonyl (C=O) groups excluding carboxylic acids is 1. The average Bonchev–Trinajstić information content (AvgIpc) is 3.15. The molecule has 1 aromatic carbocycles. The van der Waals surface area contributed by atoms with Crippen LogP contribution in [0.3, 0.4) is 0 Å². The molecule has 0 spiro atoms. The molecule has 10 heteroatoms. The van der Waals surface area contributed by atoms with Crippen molar-refractivity contribution in [3.05, 3.63) is 42.4 Å². The lowest BCUT2D eigenvalue weighted by Crippen LogP contribution is -2.36. The van der Waals surface area contributed by atoms with Crippen LogP contribution >= 0.6 is 0 Å². The van der Waals surface area contributed by atoms with Crippen molar-refractivity contribution >= 4 is 17.5 Å². The smallest absolute Gasteiger partial charge is 0.411 e. The molecule has 2 heterocycles. The van der Waals surface area contributed by atoms with Crippen LogP contribution in [0.4, 0.5) is 29.3 Å². The summed E-state index contributed by atoms with van der Waals surface area (Å²) in [5.74, 6) is 0.541. The molecule has 0 aliphatic carbocycles. The van der Waals surface area contributed by atoms with Crippen LogP contribution in [-0.2, 0) is 4.74 Å². The van der Waals surface area contributed by atoms with Crippen molar-refractivity contribution in [2.75, 3.05) is 17.7 Å². The molecule has 0 saturated carbocycles. The Hall–Kier alpha value is -3.01. The minimum atomic E-state index is -4.45. The molecule has 3 rings (SSSR count). The minimum Gasteiger partial charge on any atom is -0.453 e. The molecular weight excluding hydrogens is 387 g/mol. The molecule has 156 valence electrons. The second-order valence-electron chi connectivity index (χ2n) is 6.68. The van der Waals surface area contributed by atoms with Crippen molar-refractivity contribution in [3.63, 3.8) is 0 Å². The Kier molecular flexibility index (Phi) is 6.12. The summed E-state index contributed by atoms with van der Waals surface area (Å²) in [6.45, 7) is 0. The van der Waals surface area contributed by atoms with Gasteiger partial charge >= 0.3 is 12.3 Å². The summed E-state index contributed by atoms with van der Waals surface area (Å²) >= 11 is 0. The number of H-pyrrole nitrogens is 1. The molecule has 2 bridgehead atoms. The van der Waals surface area contributed by atoms with Crippen molar-refractivity contribution in [2.24, 2.45) is 5.73 Å². The van der Waals surface area contributed by atoms with E-state index in [4.69, 9.17) is 5.73 Å². The molecule has 1 aliphatic rings. The number of halogens is 3. The zero-order valence-corrected chi connectivity index (χ0v) is 15.7. The first-order valence-electron chi connectivity index (χ1n) is 9.06. The minimum absolute atomic E-state index is 0.144. The van der Waals surface area contributed by atoms with E-state index in [9.17, 15) is 18.0 Å². The Balaban J connectivity index is 2.06. The Morgan fingerprint density at radius 3 is 2.86 bits per heavy atom. The van der Waals surface area contributed by atoms with Gasteiger partial charge in [-0.15, -0.1) is 0 Å². The van der Waals surface area contributed by atoms with Gasteiger partial charge in [-0.25, -0.2) is 9.78 Å². The van der Waals surface area contributed by atoms with E-state index in [2.05, 4.69) is 25.3 Å². The predicted octanol–water partition coefficient (Wildman–Crippen LogP) is 4.34. The van der Waals surface area contributed by atoms with E-state index < -0.39 is 24.4 Å². The number of rotatable bonds is 1. The van der Waals surface area contributed by atoms with Gasteiger partial charge in [-0.1, -0.05) is 12.2 Å². The fourth-order valence-electron chi connectivity index (χ4n) is 3.04. The monoisotopic (exact) mass is 409 g/mol. The number of aromatic nitrogens is 2. The number of methoxy groups -OCH3 is 1. The third-order valence-corrected chi connectivity index (χ3v) is 4.58. The van der Waals surface area contributed by atoms with Crippen LogP contribution in [0.2, 0.25) is 0 Å². The van der Waals surface area contributed by atoms with E-state index in [-0.39, 0.29) is 18.5 Å². The Labute approximate surface area is 165 Å². The van der Waals surface area contributed by atoms with Crippen molar-refractivity contribution in [1.29, 1.82) is 0 Å². The van der Waals surface area contributed by atoms with Crippen LogP contribution in [0.1, 0.15) is 31.1 Å². The zero-order chi connectivity index (χ0) is 21.0. The number of benzene rings is 1. The number of nitrogens with zero attached hydrogens (tertiary/aromatic N) is 1. The number of hydrogen-bond acceptors (Lipinski definition) is 5. The average molecular weight is 409 g/mol. The van der Waals surface area contributed by atoms with E-state index in [0.717, 1.165) is 0 Å². The first-order valence-corrected chi connectivity index (χ1v) is 9.06. The lowest BCUT2D eigenvalue weighted by Gasteiger charge is -2.24. The van der Waals surface area contributed by atoms with Crippen LogP contribution in [0, 0.1) is 0 Å². The van der Waals surface area contributed by atoms with Crippen molar-refractivity contribution in [1.82, 2.24) is 9.97 Å². The second kappa shape index (κ2) is 8.56. The summed E-state index contributed by atoms with van der Waals surface area (Å²) in [6.07, 6.45) is 0.440. The first kappa shape index (κ1) is 20.7. The number of ether oxygens (including phenoxy) is 1. The molecule has 1 unspecified atom stereocenters. The molecule has 0 radical (unpaired) electrons. The van der Waals surface area contributed by atoms with Gasteiger partial charge < -0.3 is 20.8 Å². The van der Waals surface area contributed by atoms with Gasteiger partial charge in [0.2, 0.25) is 0 Å². The molecule has 1 aliphatic heterocycles. The van der Waals surface area contributed by atoms with Crippen LogP contribution in [0.5, 0.6) is 0 Å². The number of aromatic amines is 1. The van der Waals surface area contributed by atoms with E-state index >= 15 is 0 Å². The molecule has 5 N–H and O–H groups in total. The summed E-state index contributed by atoms with van der Waals surface area (Å²) in [5.41, 5.74) is 7.50. The fraction of sp³-hybridized carbons (Fsp3) is 0.368. The third kappa shape index (κ3) is 5.08. The van der Waals surface area contributed by atoms with Gasteiger partial charge in [-0.3, -0.25) is 5.32 Å². The topological polar surface area (TPSA) is 105 Å². The molecule has 0 saturated heterocycles. The van der Waals surface area contributed by atoms with E-state index in [1.165, 1.54) is 13.2 Å². The molecule has 0 fully saturated rings. The SMILES string of the molecule is COC(=O)Nc1ccc2c(c1)NC(C(F)(F)F)CC/C=C\C[C@H](N)c1nc-2c[nH]1. The van der Waals surface area contributed by atoms with E-state index in [1.54, 1.807) is 30.5 Å². The number of nitrogens with one attached hydrogen (secondary N) is 3. The zero-order valence-electron chi connectivity index (χ0n) is 15.7. The third-order valence-electron chi connectivity index (χ3n) is 4.58. The summed E-state index contributed by atoms with van der Waals surface area (Å²) in [6, 6.07) is 2.41. The fourth-order valence-corrected chi connectivity index (χ4v) is 3.04. The summed E-state index contributed by atoms with van der Waals surface area (Å²) in [7, 11) is 1.20. The Bertz CT molecular complexity index is 894. The number of amides is 1. The van der Waals surface area contributed by atoms with Gasteiger partial charge in [0.1, 0.15) is 11.9 Å². The number of carbonyl (C=O) groups is 1. The van der Waals surface area contributed by atoms with Gasteiger partial charge in [-0.05, 0) is 37.5 Å². The number of hydrogen-bond donors (Lipinski definition) is 4. The van der Waals surface area contributed by atoms with Gasteiger partial charge in [0, 0.05) is 23.1 Å². The molecular formula is C19H22F3N5O2. The predicted molar refractivity (Wildman–Crippen MR) is 103 cm³/mol. The first-order chi connectivity index (χ1) is 13.8. The highest BCUT2D eigenvalue weighted by Crippen LogP contribution is 2.35. The lowest BCUT2D eigenvalue weighted by molar-refractivity contribution is -0.143. The Morgan fingerprint density at radius 2 is 2.14 bits per heavy atom. The summed E-state index contributed by atoms with van der Waals surface area (Å²) in [4.78, 5) is 18.9. The van der Waals surface area contributed by atoms with Crippen molar-refractivity contribution in [3.8, 4) is 11.3 Å². The maximum absolute atomic E-state index is 13.6. The Morgan fingerprint density at radius 1 is 1.34 bits per heavy atom. The van der Waals surface area contributed by atoms with Gasteiger partial charge in [0.05, 0.1) is 18.8 Å². The molecule has 1 amide bonds. The van der Waals surface area contributed by atoms with Crippen LogP contribution in [0.25, 0.3) is 11.3 Å². The summed E-state index contributed by atoms with van der Waals surface area (Å²) < 4.78 is 45.4. The number of anilines is 2. The maximum atomic E-state index is 13.6. The largest absolute Gasteiger partial charge is 0.453 e. The number of alkyl halides is 3. The van der Waals surface area contributed by atoms with Gasteiger partial charge in [0.25, 0.3) is 0 Å². The van der Waals surface area contributed by atoms with Crippen molar-refractivity contribution < 1.29 is 22.7 Å². The number of nitrogens with two attached hydrogens (primary N) is 1. The van der Waals surface area contributed by atoms with Crippen LogP contribution in [-0.4, -0.2) is 35.4 Å². The quantitative estimate of drug-likeness (QED) is 0.525. The van der Waals surface area contributed by atoms with Gasteiger partial charge in [-0.2, -0.15) is 13.2 Å². The van der Waals surface area contributed by atoms with Crippen LogP contribution in [0.15, 0.2) is 36.5 Å². The molecule has 7 nitrogen and oxygen atoms in total. The molecule has 29 heavy (non-hydrogen) atoms. The normalized spacial score (nSPS) is 20.9. The van der Waals surface area contributed by atoms with Gasteiger partial charge in [0.15, 0.2) is 0 Å². The number of fused-ring (bicyclic) bond motifs is 4. The second-order valence-corrected chi connectivity index (χ2v) is 6.68. The number of allylic oxidation sites excluding steroid dienone is 1. The summed E-state index contributed by atoms with van der Waals surface area (Å²) in [5, 5.41) is 5.04.